The topological polar surface area (TPSA) is 26.3 Å². The third kappa shape index (κ3) is 3.47. The van der Waals surface area contributed by atoms with Crippen LogP contribution >= 0.6 is 11.6 Å². The molecule has 0 N–H and O–H groups in total. The van der Waals surface area contributed by atoms with Gasteiger partial charge < -0.3 is 4.74 Å². The second-order valence-corrected chi connectivity index (χ2v) is 9.29. The Morgan fingerprint density at radius 2 is 1.91 bits per heavy atom. The fourth-order valence-electron chi connectivity index (χ4n) is 3.17. The van der Waals surface area contributed by atoms with Gasteiger partial charge in [0, 0.05) is 28.2 Å². The summed E-state index contributed by atoms with van der Waals surface area (Å²) in [6.45, 7) is 3.33. The lowest BCUT2D eigenvalue weighted by atomic mass is 9.82. The van der Waals surface area contributed by atoms with Crippen molar-refractivity contribution in [3.63, 3.8) is 0 Å². The molecular formula is C19H21ClO2S. The molecule has 1 aliphatic heterocycles. The number of hydrogen-bond donors (Lipinski definition) is 0. The quantitative estimate of drug-likeness (QED) is 0.595. The van der Waals surface area contributed by atoms with Gasteiger partial charge in [-0.2, -0.15) is 0 Å². The molecule has 2 aromatic rings. The molecule has 0 aromatic heterocycles. The van der Waals surface area contributed by atoms with E-state index in [0.717, 1.165) is 22.4 Å². The number of hydrogen-bond acceptors (Lipinski definition) is 2. The average molecular weight is 349 g/mol. The second-order valence-electron chi connectivity index (χ2n) is 6.37. The van der Waals surface area contributed by atoms with E-state index >= 15 is 0 Å². The van der Waals surface area contributed by atoms with Crippen LogP contribution < -0.4 is 0 Å². The fourth-order valence-corrected chi connectivity index (χ4v) is 5.77. The van der Waals surface area contributed by atoms with Gasteiger partial charge in [0.15, 0.2) is 0 Å². The number of rotatable bonds is 5. The molecule has 1 heterocycles. The molecule has 0 saturated carbocycles. The van der Waals surface area contributed by atoms with Crippen molar-refractivity contribution in [2.75, 3.05) is 12.9 Å². The van der Waals surface area contributed by atoms with Crippen molar-refractivity contribution in [2.24, 2.45) is 0 Å². The van der Waals surface area contributed by atoms with Crippen molar-refractivity contribution >= 4 is 26.5 Å². The van der Waals surface area contributed by atoms with Crippen molar-refractivity contribution in [1.29, 1.82) is 0 Å². The van der Waals surface area contributed by atoms with E-state index < -0.39 is 9.52 Å². The highest BCUT2D eigenvalue weighted by molar-refractivity contribution is 8.01. The highest BCUT2D eigenvalue weighted by atomic mass is 35.5. The molecule has 1 aliphatic rings. The van der Waals surface area contributed by atoms with Crippen LogP contribution in [0.5, 0.6) is 0 Å². The molecule has 2 unspecified atom stereocenters. The van der Waals surface area contributed by atoms with Gasteiger partial charge >= 0.3 is 0 Å². The van der Waals surface area contributed by atoms with E-state index in [1.165, 1.54) is 0 Å². The van der Waals surface area contributed by atoms with E-state index in [-0.39, 0.29) is 5.41 Å². The van der Waals surface area contributed by atoms with Crippen molar-refractivity contribution in [3.05, 3.63) is 64.7 Å². The Labute approximate surface area is 143 Å². The number of ether oxygens (including phenoxy) is 1. The molecule has 23 heavy (non-hydrogen) atoms. The highest BCUT2D eigenvalue weighted by Crippen LogP contribution is 2.39. The van der Waals surface area contributed by atoms with Crippen LogP contribution in [0.1, 0.15) is 24.5 Å². The normalized spacial score (nSPS) is 25.9. The second kappa shape index (κ2) is 6.31. The molecule has 0 fully saturated rings. The first kappa shape index (κ1) is 16.6. The third-order valence-corrected chi connectivity index (χ3v) is 6.79. The van der Waals surface area contributed by atoms with Crippen LogP contribution in [0.2, 0.25) is 5.02 Å². The average Bonchev–Trinajstić information content (AvgIpc) is 2.71. The number of benzene rings is 2. The molecule has 2 aromatic carbocycles. The molecule has 0 saturated heterocycles. The zero-order valence-corrected chi connectivity index (χ0v) is 15.0. The van der Waals surface area contributed by atoms with E-state index in [1.54, 1.807) is 6.26 Å². The molecule has 2 nitrogen and oxygen atoms in total. The Hall–Kier alpha value is -1.29. The minimum Gasteiger partial charge on any atom is -0.377 e. The van der Waals surface area contributed by atoms with Crippen LogP contribution in [0.3, 0.4) is 0 Å². The Morgan fingerprint density at radius 1 is 1.17 bits per heavy atom. The first-order valence-electron chi connectivity index (χ1n) is 7.68. The predicted octanol–water partition coefficient (Wildman–Crippen LogP) is 4.29. The van der Waals surface area contributed by atoms with Crippen LogP contribution in [0, 0.1) is 0 Å². The Morgan fingerprint density at radius 3 is 2.65 bits per heavy atom. The summed E-state index contributed by atoms with van der Waals surface area (Å²) < 4.78 is 18.7. The van der Waals surface area contributed by atoms with E-state index in [9.17, 15) is 4.21 Å². The Kier molecular flexibility index (Phi) is 4.54. The van der Waals surface area contributed by atoms with E-state index in [2.05, 4.69) is 19.1 Å². The summed E-state index contributed by atoms with van der Waals surface area (Å²) in [4.78, 5) is 0.910. The first-order valence-corrected chi connectivity index (χ1v) is 10.1. The maximum absolute atomic E-state index is 12.9. The lowest BCUT2D eigenvalue weighted by Crippen LogP contribution is -2.24. The van der Waals surface area contributed by atoms with Gasteiger partial charge in [0.05, 0.1) is 6.61 Å². The van der Waals surface area contributed by atoms with Gasteiger partial charge in [0.1, 0.15) is 0 Å². The summed E-state index contributed by atoms with van der Waals surface area (Å²) in [6.07, 6.45) is 2.59. The number of halogens is 1. The molecule has 0 spiro atoms. The molecule has 0 radical (unpaired) electrons. The van der Waals surface area contributed by atoms with Crippen LogP contribution in [-0.4, -0.2) is 22.4 Å². The van der Waals surface area contributed by atoms with Crippen LogP contribution in [-0.2, 0) is 26.3 Å². The minimum absolute atomic E-state index is 0.261. The smallest absolute Gasteiger partial charge is 0.0716 e. The van der Waals surface area contributed by atoms with Crippen LogP contribution in [0.15, 0.2) is 53.4 Å². The van der Waals surface area contributed by atoms with Crippen molar-refractivity contribution < 1.29 is 8.95 Å². The molecule has 0 amide bonds. The van der Waals surface area contributed by atoms with Gasteiger partial charge in [-0.25, -0.2) is 0 Å². The maximum atomic E-state index is 12.9. The number of fused-ring (bicyclic) bond motifs is 1. The molecule has 122 valence electrons. The first-order chi connectivity index (χ1) is 10.9. The van der Waals surface area contributed by atoms with Gasteiger partial charge in [-0.05, 0) is 50.6 Å². The van der Waals surface area contributed by atoms with E-state index in [1.807, 2.05) is 41.8 Å². The summed E-state index contributed by atoms with van der Waals surface area (Å²) in [5.41, 5.74) is 1.97. The fraction of sp³-hybridized carbons (Fsp3) is 0.316. The summed E-state index contributed by atoms with van der Waals surface area (Å²) in [5.74, 6) is 0. The molecular weight excluding hydrogens is 328 g/mol. The zero-order chi connectivity index (χ0) is 16.5. The van der Waals surface area contributed by atoms with Crippen molar-refractivity contribution in [1.82, 2.24) is 0 Å². The Balaban J connectivity index is 1.72. The van der Waals surface area contributed by atoms with Crippen molar-refractivity contribution in [3.8, 4) is 0 Å². The van der Waals surface area contributed by atoms with Crippen molar-refractivity contribution in [2.45, 2.75) is 30.3 Å². The molecule has 0 aliphatic carbocycles. The van der Waals surface area contributed by atoms with E-state index in [0.29, 0.717) is 18.2 Å². The molecule has 2 atom stereocenters. The highest BCUT2D eigenvalue weighted by Gasteiger charge is 2.36. The molecule has 3 rings (SSSR count). The lowest BCUT2D eigenvalue weighted by Gasteiger charge is -2.23. The van der Waals surface area contributed by atoms with Gasteiger partial charge in [0.25, 0.3) is 0 Å². The standard InChI is InChI=1S/C19H21ClO2S/c1-19(10-11-22-13-15-6-4-3-5-7-15)14-23(2,21)18-9-8-16(20)12-17(18)19/h3-9,12,14H,10-11,13H2,1-2H3. The Bertz CT molecular complexity index is 823. The van der Waals surface area contributed by atoms with Crippen LogP contribution in [0.25, 0.3) is 0 Å². The van der Waals surface area contributed by atoms with Gasteiger partial charge in [0.2, 0.25) is 0 Å². The summed E-state index contributed by atoms with van der Waals surface area (Å²) in [5, 5.41) is 2.66. The van der Waals surface area contributed by atoms with Gasteiger partial charge in [-0.3, -0.25) is 4.21 Å². The minimum atomic E-state index is -2.11. The third-order valence-electron chi connectivity index (χ3n) is 4.36. The zero-order valence-electron chi connectivity index (χ0n) is 13.4. The van der Waals surface area contributed by atoms with Crippen LogP contribution in [0.4, 0.5) is 0 Å². The molecule has 0 bridgehead atoms. The SMILES string of the molecule is CC1(CCOCc2ccccc2)C=S(C)(=O)c2ccc(Cl)cc21. The molecule has 4 heteroatoms. The van der Waals surface area contributed by atoms with Gasteiger partial charge in [-0.15, -0.1) is 0 Å². The lowest BCUT2D eigenvalue weighted by molar-refractivity contribution is 0.111. The monoisotopic (exact) mass is 348 g/mol. The van der Waals surface area contributed by atoms with Gasteiger partial charge in [-0.1, -0.05) is 48.9 Å². The van der Waals surface area contributed by atoms with E-state index in [4.69, 9.17) is 16.3 Å². The summed E-state index contributed by atoms with van der Waals surface area (Å²) in [7, 11) is -2.11. The summed E-state index contributed by atoms with van der Waals surface area (Å²) in [6, 6.07) is 15.8. The maximum Gasteiger partial charge on any atom is 0.0716 e. The summed E-state index contributed by atoms with van der Waals surface area (Å²) >= 11 is 6.15. The largest absolute Gasteiger partial charge is 0.377 e. The predicted molar refractivity (Wildman–Crippen MR) is 97.9 cm³/mol.